The van der Waals surface area contributed by atoms with Crippen LogP contribution in [0.1, 0.15) is 25.8 Å². The minimum atomic E-state index is 0.259. The van der Waals surface area contributed by atoms with E-state index in [0.717, 1.165) is 36.0 Å². The fraction of sp³-hybridized carbons (Fsp3) is 0.450. The van der Waals surface area contributed by atoms with Crippen LogP contribution in [0.5, 0.6) is 11.5 Å². The average molecular weight is 434 g/mol. The van der Waals surface area contributed by atoms with E-state index in [1.54, 1.807) is 6.07 Å². The van der Waals surface area contributed by atoms with Crippen molar-refractivity contribution in [1.82, 2.24) is 15.3 Å². The largest absolute Gasteiger partial charge is 0.454 e. The smallest absolute Gasteiger partial charge is 0.232 e. The first-order valence-corrected chi connectivity index (χ1v) is 10.5. The van der Waals surface area contributed by atoms with E-state index in [0.29, 0.717) is 34.6 Å². The van der Waals surface area contributed by atoms with Crippen molar-refractivity contribution < 1.29 is 9.47 Å². The summed E-state index contributed by atoms with van der Waals surface area (Å²) < 4.78 is 10.7. The molecule has 7 nitrogen and oxygen atoms in total. The second-order valence-electron chi connectivity index (χ2n) is 7.72. The molecule has 2 aliphatic rings. The molecule has 1 aromatic heterocycles. The third kappa shape index (κ3) is 5.00. The van der Waals surface area contributed by atoms with Gasteiger partial charge < -0.3 is 25.0 Å². The van der Waals surface area contributed by atoms with Gasteiger partial charge in [-0.05, 0) is 48.2 Å². The number of rotatable bonds is 4. The highest BCUT2D eigenvalue weighted by Crippen LogP contribution is 2.32. The fourth-order valence-corrected chi connectivity index (χ4v) is 4.19. The van der Waals surface area contributed by atoms with Crippen LogP contribution in [-0.2, 0) is 6.54 Å². The number of piperidine rings is 1. The molecule has 2 aliphatic heterocycles. The number of nitrogens with one attached hydrogen (secondary N) is 2. The summed E-state index contributed by atoms with van der Waals surface area (Å²) >= 11 is 11.6. The summed E-state index contributed by atoms with van der Waals surface area (Å²) in [6, 6.07) is 7.60. The van der Waals surface area contributed by atoms with Gasteiger partial charge in [0.25, 0.3) is 0 Å². The van der Waals surface area contributed by atoms with E-state index in [1.807, 2.05) is 18.2 Å². The van der Waals surface area contributed by atoms with Gasteiger partial charge in [-0.15, -0.1) is 0 Å². The predicted octanol–water partition coefficient (Wildman–Crippen LogP) is 3.83. The van der Waals surface area contributed by atoms with Crippen LogP contribution >= 0.6 is 23.8 Å². The number of fused-ring (bicyclic) bond motifs is 1. The molecule has 3 heterocycles. The molecule has 0 saturated carbocycles. The molecule has 2 N–H and O–H groups in total. The van der Waals surface area contributed by atoms with Crippen LogP contribution in [0.2, 0.25) is 5.15 Å². The second-order valence-corrected chi connectivity index (χ2v) is 8.51. The maximum Gasteiger partial charge on any atom is 0.232 e. The number of aromatic nitrogens is 2. The predicted molar refractivity (Wildman–Crippen MR) is 118 cm³/mol. The van der Waals surface area contributed by atoms with Crippen LogP contribution < -0.4 is 25.0 Å². The molecular weight excluding hydrogens is 410 g/mol. The van der Waals surface area contributed by atoms with E-state index in [4.69, 9.17) is 33.3 Å². The van der Waals surface area contributed by atoms with Crippen molar-refractivity contribution in [2.45, 2.75) is 26.8 Å². The molecule has 0 spiro atoms. The van der Waals surface area contributed by atoms with E-state index in [2.05, 4.69) is 39.3 Å². The lowest BCUT2D eigenvalue weighted by atomic mass is 9.92. The van der Waals surface area contributed by atoms with Gasteiger partial charge in [-0.2, -0.15) is 4.98 Å². The lowest BCUT2D eigenvalue weighted by Crippen LogP contribution is -2.39. The minimum absolute atomic E-state index is 0.259. The quantitative estimate of drug-likeness (QED) is 0.556. The van der Waals surface area contributed by atoms with Gasteiger partial charge in [0.05, 0.1) is 0 Å². The van der Waals surface area contributed by atoms with Gasteiger partial charge in [-0.25, -0.2) is 4.98 Å². The first-order valence-electron chi connectivity index (χ1n) is 9.69. The van der Waals surface area contributed by atoms with Gasteiger partial charge in [-0.1, -0.05) is 31.5 Å². The van der Waals surface area contributed by atoms with Crippen LogP contribution in [0.4, 0.5) is 11.8 Å². The molecule has 4 rings (SSSR count). The summed E-state index contributed by atoms with van der Waals surface area (Å²) in [4.78, 5) is 11.1. The highest BCUT2D eigenvalue weighted by Gasteiger charge is 2.23. The third-order valence-corrected chi connectivity index (χ3v) is 5.43. The third-order valence-electron chi connectivity index (χ3n) is 4.99. The molecule has 154 valence electrons. The Bertz CT molecular complexity index is 902. The highest BCUT2D eigenvalue weighted by atomic mass is 35.5. The first kappa shape index (κ1) is 20.0. The summed E-state index contributed by atoms with van der Waals surface area (Å²) in [5.41, 5.74) is 1.03. The Morgan fingerprint density at radius 2 is 1.93 bits per heavy atom. The van der Waals surface area contributed by atoms with Crippen molar-refractivity contribution in [3.63, 3.8) is 0 Å². The number of nitrogens with zero attached hydrogens (tertiary/aromatic N) is 3. The SMILES string of the molecule is C[C@H]1C[C@H](C)CN(c2cc(Cl)nc(NC(=S)NCc3ccc4c(c3)OCO4)n2)C1. The maximum atomic E-state index is 6.25. The monoisotopic (exact) mass is 433 g/mol. The van der Waals surface area contributed by atoms with Crippen LogP contribution in [0.3, 0.4) is 0 Å². The topological polar surface area (TPSA) is 71.5 Å². The molecule has 0 radical (unpaired) electrons. The number of thiocarbonyl (C=S) groups is 1. The van der Waals surface area contributed by atoms with Crippen molar-refractivity contribution >= 4 is 40.7 Å². The van der Waals surface area contributed by atoms with Gasteiger partial charge in [0.2, 0.25) is 12.7 Å². The number of ether oxygens (including phenoxy) is 2. The van der Waals surface area contributed by atoms with Gasteiger partial charge >= 0.3 is 0 Å². The summed E-state index contributed by atoms with van der Waals surface area (Å²) in [6.45, 7) is 7.25. The van der Waals surface area contributed by atoms with Crippen molar-refractivity contribution in [2.24, 2.45) is 11.8 Å². The zero-order valence-corrected chi connectivity index (χ0v) is 18.0. The standard InChI is InChI=1S/C20H24ClN5O2S/c1-12-5-13(2)10-26(9-12)18-7-17(21)23-19(24-18)25-20(29)22-8-14-3-4-15-16(6-14)28-11-27-15/h3-4,6-7,12-13H,5,8-11H2,1-2H3,(H2,22,23,24,25,29)/t12-,13-/m0/s1. The average Bonchev–Trinajstić information content (AvgIpc) is 3.13. The van der Waals surface area contributed by atoms with E-state index < -0.39 is 0 Å². The van der Waals surface area contributed by atoms with Gasteiger partial charge in [0.15, 0.2) is 16.6 Å². The van der Waals surface area contributed by atoms with E-state index >= 15 is 0 Å². The lowest BCUT2D eigenvalue weighted by molar-refractivity contribution is 0.174. The van der Waals surface area contributed by atoms with E-state index in [9.17, 15) is 0 Å². The Labute approximate surface area is 180 Å². The van der Waals surface area contributed by atoms with Crippen molar-refractivity contribution in [1.29, 1.82) is 0 Å². The summed E-state index contributed by atoms with van der Waals surface area (Å²) in [7, 11) is 0. The second kappa shape index (κ2) is 8.59. The Kier molecular flexibility index (Phi) is 5.91. The van der Waals surface area contributed by atoms with Crippen LogP contribution in [0, 0.1) is 11.8 Å². The normalized spacial score (nSPS) is 20.4. The van der Waals surface area contributed by atoms with Crippen LogP contribution in [0.15, 0.2) is 24.3 Å². The Morgan fingerprint density at radius 3 is 2.72 bits per heavy atom. The van der Waals surface area contributed by atoms with Gasteiger partial charge in [0.1, 0.15) is 11.0 Å². The Morgan fingerprint density at radius 1 is 1.17 bits per heavy atom. The molecule has 1 saturated heterocycles. The number of halogens is 1. The molecular formula is C20H24ClN5O2S. The minimum Gasteiger partial charge on any atom is -0.454 e. The van der Waals surface area contributed by atoms with Crippen molar-refractivity contribution in [2.75, 3.05) is 30.1 Å². The molecule has 1 fully saturated rings. The molecule has 2 atom stereocenters. The maximum absolute atomic E-state index is 6.25. The summed E-state index contributed by atoms with van der Waals surface area (Å²) in [5, 5.41) is 7.01. The van der Waals surface area contributed by atoms with E-state index in [1.165, 1.54) is 6.42 Å². The zero-order valence-electron chi connectivity index (χ0n) is 16.4. The van der Waals surface area contributed by atoms with Crippen LogP contribution in [-0.4, -0.2) is 35.0 Å². The molecule has 29 heavy (non-hydrogen) atoms. The fourth-order valence-electron chi connectivity index (χ4n) is 3.85. The summed E-state index contributed by atoms with van der Waals surface area (Å²) in [6.07, 6.45) is 1.23. The number of hydrogen-bond acceptors (Lipinski definition) is 6. The van der Waals surface area contributed by atoms with Crippen LogP contribution in [0.25, 0.3) is 0 Å². The highest BCUT2D eigenvalue weighted by molar-refractivity contribution is 7.80. The molecule has 0 aliphatic carbocycles. The molecule has 0 amide bonds. The van der Waals surface area contributed by atoms with Crippen molar-refractivity contribution in [3.05, 3.63) is 35.0 Å². The Hall–Kier alpha value is -2.32. The number of benzene rings is 1. The van der Waals surface area contributed by atoms with Gasteiger partial charge in [-0.3, -0.25) is 0 Å². The van der Waals surface area contributed by atoms with Crippen molar-refractivity contribution in [3.8, 4) is 11.5 Å². The zero-order chi connectivity index (χ0) is 20.4. The molecule has 9 heteroatoms. The van der Waals surface area contributed by atoms with E-state index in [-0.39, 0.29) is 6.79 Å². The molecule has 1 aromatic carbocycles. The molecule has 2 aromatic rings. The first-order chi connectivity index (χ1) is 14.0. The summed E-state index contributed by atoms with van der Waals surface area (Å²) in [5.74, 6) is 3.96. The molecule has 0 unspecified atom stereocenters. The number of anilines is 2. The number of hydrogen-bond donors (Lipinski definition) is 2. The molecule has 0 bridgehead atoms. The van der Waals surface area contributed by atoms with Gasteiger partial charge in [0, 0.05) is 25.7 Å². The lowest BCUT2D eigenvalue weighted by Gasteiger charge is -2.35. The Balaban J connectivity index is 1.38.